The van der Waals surface area contributed by atoms with Crippen LogP contribution in [0.5, 0.6) is 0 Å². The first-order valence-electron chi connectivity index (χ1n) is 5.98. The third-order valence-electron chi connectivity index (χ3n) is 4.10. The van der Waals surface area contributed by atoms with Crippen molar-refractivity contribution in [1.82, 2.24) is 10.2 Å². The molecule has 0 amide bonds. The summed E-state index contributed by atoms with van der Waals surface area (Å²) in [6.45, 7) is 2.32. The van der Waals surface area contributed by atoms with Crippen LogP contribution in [0.2, 0.25) is 0 Å². The van der Waals surface area contributed by atoms with Gasteiger partial charge in [0.15, 0.2) is 0 Å². The maximum atomic E-state index is 3.44. The highest BCUT2D eigenvalue weighted by Crippen LogP contribution is 2.33. The summed E-state index contributed by atoms with van der Waals surface area (Å²) in [7, 11) is 6.55. The molecule has 84 valence electrons. The van der Waals surface area contributed by atoms with E-state index in [1.54, 1.807) is 0 Å². The molecule has 1 fully saturated rings. The van der Waals surface area contributed by atoms with Gasteiger partial charge in [-0.3, -0.25) is 0 Å². The van der Waals surface area contributed by atoms with E-state index in [1.807, 2.05) is 0 Å². The van der Waals surface area contributed by atoms with Crippen molar-refractivity contribution in [3.05, 3.63) is 0 Å². The molecule has 1 saturated carbocycles. The van der Waals surface area contributed by atoms with Gasteiger partial charge in [-0.1, -0.05) is 25.7 Å². The highest BCUT2D eigenvalue weighted by molar-refractivity contribution is 4.97. The summed E-state index contributed by atoms with van der Waals surface area (Å²) < 4.78 is 0. The number of hydrogen-bond donors (Lipinski definition) is 1. The van der Waals surface area contributed by atoms with Crippen molar-refractivity contribution in [3.63, 3.8) is 0 Å². The molecule has 14 heavy (non-hydrogen) atoms. The Kier molecular flexibility index (Phi) is 4.39. The summed E-state index contributed by atoms with van der Waals surface area (Å²) in [5.41, 5.74) is 0.394. The average Bonchev–Trinajstić information content (AvgIpc) is 2.42. The molecule has 1 atom stereocenters. The summed E-state index contributed by atoms with van der Waals surface area (Å²) in [6, 6.07) is 0.593. The van der Waals surface area contributed by atoms with E-state index < -0.39 is 0 Å². The van der Waals surface area contributed by atoms with Gasteiger partial charge >= 0.3 is 0 Å². The van der Waals surface area contributed by atoms with Crippen LogP contribution in [-0.2, 0) is 0 Å². The van der Waals surface area contributed by atoms with E-state index in [2.05, 4.69) is 38.3 Å². The number of nitrogens with one attached hydrogen (secondary N) is 1. The van der Waals surface area contributed by atoms with Crippen molar-refractivity contribution in [3.8, 4) is 0 Å². The van der Waals surface area contributed by atoms with Crippen molar-refractivity contribution >= 4 is 0 Å². The minimum Gasteiger partial charge on any atom is -0.315 e. The number of nitrogens with zero attached hydrogens (tertiary/aromatic N) is 1. The van der Waals surface area contributed by atoms with E-state index in [0.29, 0.717) is 11.6 Å². The lowest BCUT2D eigenvalue weighted by Crippen LogP contribution is -2.56. The third-order valence-corrected chi connectivity index (χ3v) is 4.10. The van der Waals surface area contributed by atoms with E-state index in [1.165, 1.54) is 38.5 Å². The second-order valence-corrected chi connectivity index (χ2v) is 4.92. The molecule has 0 spiro atoms. The fourth-order valence-corrected chi connectivity index (χ4v) is 2.88. The van der Waals surface area contributed by atoms with E-state index in [9.17, 15) is 0 Å². The predicted octanol–water partition coefficient (Wildman–Crippen LogP) is 2.25. The number of hydrogen-bond acceptors (Lipinski definition) is 2. The zero-order valence-electron chi connectivity index (χ0n) is 10.3. The monoisotopic (exact) mass is 198 g/mol. The van der Waals surface area contributed by atoms with Gasteiger partial charge in [-0.05, 0) is 40.9 Å². The van der Waals surface area contributed by atoms with Gasteiger partial charge in [0.2, 0.25) is 0 Å². The molecule has 0 heterocycles. The number of rotatable bonds is 3. The Bertz CT molecular complexity index is 158. The summed E-state index contributed by atoms with van der Waals surface area (Å²) in [5.74, 6) is 0. The van der Waals surface area contributed by atoms with Crippen molar-refractivity contribution in [1.29, 1.82) is 0 Å². The molecule has 0 saturated heterocycles. The molecule has 0 aromatic carbocycles. The van der Waals surface area contributed by atoms with Gasteiger partial charge in [0.25, 0.3) is 0 Å². The van der Waals surface area contributed by atoms with Crippen LogP contribution in [0.3, 0.4) is 0 Å². The van der Waals surface area contributed by atoms with Gasteiger partial charge in [-0.25, -0.2) is 0 Å². The Morgan fingerprint density at radius 3 is 1.93 bits per heavy atom. The molecular formula is C12H26N2. The maximum Gasteiger partial charge on any atom is 0.0353 e. The number of likely N-dealkylation sites (N-methyl/N-ethyl adjacent to an activating group) is 2. The van der Waals surface area contributed by atoms with Gasteiger partial charge in [0, 0.05) is 11.6 Å². The topological polar surface area (TPSA) is 15.3 Å². The quantitative estimate of drug-likeness (QED) is 0.700. The Morgan fingerprint density at radius 1 is 1.07 bits per heavy atom. The summed E-state index contributed by atoms with van der Waals surface area (Å²) in [4.78, 5) is 2.44. The Labute approximate surface area is 89.1 Å². The molecule has 1 aliphatic rings. The second-order valence-electron chi connectivity index (χ2n) is 4.92. The zero-order valence-corrected chi connectivity index (χ0v) is 10.3. The zero-order chi connectivity index (χ0) is 10.6. The molecule has 2 nitrogen and oxygen atoms in total. The summed E-state index contributed by atoms with van der Waals surface area (Å²) >= 11 is 0. The first kappa shape index (κ1) is 12.0. The van der Waals surface area contributed by atoms with Gasteiger partial charge in [-0.2, -0.15) is 0 Å². The molecule has 0 aromatic rings. The SMILES string of the molecule is CNC(C)C1(N(C)C)CCCCCC1. The molecule has 1 N–H and O–H groups in total. The predicted molar refractivity (Wildman–Crippen MR) is 62.6 cm³/mol. The van der Waals surface area contributed by atoms with Crippen LogP contribution in [0, 0.1) is 0 Å². The average molecular weight is 198 g/mol. The lowest BCUT2D eigenvalue weighted by atomic mass is 9.82. The van der Waals surface area contributed by atoms with Crippen molar-refractivity contribution in [2.75, 3.05) is 21.1 Å². The van der Waals surface area contributed by atoms with E-state index in [-0.39, 0.29) is 0 Å². The van der Waals surface area contributed by atoms with Gasteiger partial charge in [0.05, 0.1) is 0 Å². The minimum absolute atomic E-state index is 0.394. The molecule has 0 aromatic heterocycles. The van der Waals surface area contributed by atoms with E-state index in [4.69, 9.17) is 0 Å². The second kappa shape index (κ2) is 5.13. The molecular weight excluding hydrogens is 172 g/mol. The van der Waals surface area contributed by atoms with Crippen LogP contribution in [0.1, 0.15) is 45.4 Å². The van der Waals surface area contributed by atoms with Crippen LogP contribution in [0.15, 0.2) is 0 Å². The first-order valence-corrected chi connectivity index (χ1v) is 5.98. The smallest absolute Gasteiger partial charge is 0.0353 e. The molecule has 0 radical (unpaired) electrons. The highest BCUT2D eigenvalue weighted by atomic mass is 15.2. The van der Waals surface area contributed by atoms with Gasteiger partial charge in [0.1, 0.15) is 0 Å². The van der Waals surface area contributed by atoms with Crippen molar-refractivity contribution < 1.29 is 0 Å². The maximum absolute atomic E-state index is 3.44. The van der Waals surface area contributed by atoms with Gasteiger partial charge in [-0.15, -0.1) is 0 Å². The first-order chi connectivity index (χ1) is 6.63. The molecule has 1 rings (SSSR count). The van der Waals surface area contributed by atoms with Crippen LogP contribution < -0.4 is 5.32 Å². The normalized spacial score (nSPS) is 24.6. The lowest BCUT2D eigenvalue weighted by Gasteiger charge is -2.44. The molecule has 1 aliphatic carbocycles. The molecule has 2 heteroatoms. The standard InChI is InChI=1S/C12H26N2/c1-11(13-2)12(14(3)4)9-7-5-6-8-10-12/h11,13H,5-10H2,1-4H3. The third kappa shape index (κ3) is 2.29. The van der Waals surface area contributed by atoms with Crippen molar-refractivity contribution in [2.24, 2.45) is 0 Å². The van der Waals surface area contributed by atoms with Crippen LogP contribution >= 0.6 is 0 Å². The van der Waals surface area contributed by atoms with Crippen molar-refractivity contribution in [2.45, 2.75) is 57.0 Å². The Morgan fingerprint density at radius 2 is 1.57 bits per heavy atom. The van der Waals surface area contributed by atoms with E-state index >= 15 is 0 Å². The van der Waals surface area contributed by atoms with Crippen LogP contribution in [0.4, 0.5) is 0 Å². The Hall–Kier alpha value is -0.0800. The highest BCUT2D eigenvalue weighted by Gasteiger charge is 2.37. The fraction of sp³-hybridized carbons (Fsp3) is 1.00. The lowest BCUT2D eigenvalue weighted by molar-refractivity contribution is 0.0911. The Balaban J connectivity index is 2.77. The van der Waals surface area contributed by atoms with Gasteiger partial charge < -0.3 is 10.2 Å². The summed E-state index contributed by atoms with van der Waals surface area (Å²) in [6.07, 6.45) is 8.33. The fourth-order valence-electron chi connectivity index (χ4n) is 2.88. The van der Waals surface area contributed by atoms with Crippen LogP contribution in [0.25, 0.3) is 0 Å². The molecule has 0 bridgehead atoms. The largest absolute Gasteiger partial charge is 0.315 e. The summed E-state index contributed by atoms with van der Waals surface area (Å²) in [5, 5.41) is 3.44. The van der Waals surface area contributed by atoms with Crippen LogP contribution in [-0.4, -0.2) is 37.6 Å². The minimum atomic E-state index is 0.394. The van der Waals surface area contributed by atoms with E-state index in [0.717, 1.165) is 0 Å². The molecule has 1 unspecified atom stereocenters. The molecule has 0 aliphatic heterocycles.